The Hall–Kier alpha value is -0.460. The van der Waals surface area contributed by atoms with Gasteiger partial charge in [0.1, 0.15) is 0 Å². The van der Waals surface area contributed by atoms with Crippen molar-refractivity contribution in [3.8, 4) is 0 Å². The molecule has 0 spiro atoms. The fourth-order valence-corrected chi connectivity index (χ4v) is 1.03. The van der Waals surface area contributed by atoms with Crippen LogP contribution in [0.1, 0.15) is 6.92 Å². The lowest BCUT2D eigenvalue weighted by Gasteiger charge is -2.21. The molecule has 0 saturated carbocycles. The molecule has 0 rings (SSSR count). The molecule has 0 radical (unpaired) electrons. The molecule has 0 atom stereocenters. The first-order valence-corrected chi connectivity index (χ1v) is 3.87. The molecule has 72 valence electrons. The minimum absolute atomic E-state index is 0.282. The van der Waals surface area contributed by atoms with Crippen LogP contribution in [0.15, 0.2) is 0 Å². The average molecular weight is 206 g/mol. The highest BCUT2D eigenvalue weighted by Gasteiger charge is 2.62. The molecular weight excluding hydrogens is 200 g/mol. The number of carboxylic acids is 1. The van der Waals surface area contributed by atoms with E-state index in [1.807, 2.05) is 0 Å². The molecule has 0 unspecified atom stereocenters. The van der Waals surface area contributed by atoms with E-state index in [1.165, 1.54) is 6.92 Å². The predicted molar refractivity (Wildman–Crippen MR) is 35.7 cm³/mol. The van der Waals surface area contributed by atoms with Crippen molar-refractivity contribution in [1.29, 1.82) is 0 Å². The maximum atomic E-state index is 12.3. The summed E-state index contributed by atoms with van der Waals surface area (Å²) in [5, 5.41) is 3.21. The lowest BCUT2D eigenvalue weighted by molar-refractivity contribution is -0.195. The summed E-state index contributed by atoms with van der Waals surface area (Å²) in [6, 6.07) is 0. The summed E-state index contributed by atoms with van der Waals surface area (Å²) in [7, 11) is 0. The highest BCUT2D eigenvalue weighted by molar-refractivity contribution is 8.00. The predicted octanol–water partition coefficient (Wildman–Crippen LogP) is 2.05. The van der Waals surface area contributed by atoms with Gasteiger partial charge in [-0.25, -0.2) is 4.79 Å². The van der Waals surface area contributed by atoms with Crippen LogP contribution in [0, 0.1) is 0 Å². The Labute approximate surface area is 69.9 Å². The quantitative estimate of drug-likeness (QED) is 0.715. The SMILES string of the molecule is CCSC(F)(F)C(F)(F)C(=O)O. The van der Waals surface area contributed by atoms with Gasteiger partial charge >= 0.3 is 17.1 Å². The number of halogens is 4. The topological polar surface area (TPSA) is 37.3 Å². The highest BCUT2D eigenvalue weighted by atomic mass is 32.2. The number of carbonyl (C=O) groups is 1. The van der Waals surface area contributed by atoms with Gasteiger partial charge in [-0.2, -0.15) is 17.6 Å². The first-order valence-electron chi connectivity index (χ1n) is 2.88. The summed E-state index contributed by atoms with van der Waals surface area (Å²) in [5.74, 6) is -8.10. The summed E-state index contributed by atoms with van der Waals surface area (Å²) < 4.78 is 48.9. The van der Waals surface area contributed by atoms with Crippen LogP contribution in [0.3, 0.4) is 0 Å². The first kappa shape index (κ1) is 11.5. The van der Waals surface area contributed by atoms with Gasteiger partial charge in [0.05, 0.1) is 0 Å². The zero-order valence-electron chi connectivity index (χ0n) is 5.98. The lowest BCUT2D eigenvalue weighted by atomic mass is 10.3. The Morgan fingerprint density at radius 3 is 2.08 bits per heavy atom. The lowest BCUT2D eigenvalue weighted by Crippen LogP contribution is -2.44. The van der Waals surface area contributed by atoms with E-state index in [-0.39, 0.29) is 5.75 Å². The van der Waals surface area contributed by atoms with Gasteiger partial charge in [-0.1, -0.05) is 18.7 Å². The van der Waals surface area contributed by atoms with Crippen molar-refractivity contribution in [2.45, 2.75) is 18.1 Å². The molecule has 0 saturated heterocycles. The third kappa shape index (κ3) is 2.02. The normalized spacial score (nSPS) is 13.1. The van der Waals surface area contributed by atoms with Crippen molar-refractivity contribution in [3.63, 3.8) is 0 Å². The van der Waals surface area contributed by atoms with E-state index in [0.717, 1.165) is 0 Å². The molecule has 12 heavy (non-hydrogen) atoms. The number of aliphatic carboxylic acids is 1. The third-order valence-electron chi connectivity index (χ3n) is 0.960. The van der Waals surface area contributed by atoms with Gasteiger partial charge in [0.15, 0.2) is 0 Å². The van der Waals surface area contributed by atoms with Gasteiger partial charge in [0.2, 0.25) is 0 Å². The molecule has 0 aliphatic heterocycles. The van der Waals surface area contributed by atoms with E-state index >= 15 is 0 Å². The minimum Gasteiger partial charge on any atom is -0.477 e. The molecule has 0 aromatic rings. The van der Waals surface area contributed by atoms with Crippen molar-refractivity contribution in [1.82, 2.24) is 0 Å². The number of hydrogen-bond donors (Lipinski definition) is 1. The monoisotopic (exact) mass is 206 g/mol. The smallest absolute Gasteiger partial charge is 0.413 e. The Morgan fingerprint density at radius 1 is 1.42 bits per heavy atom. The van der Waals surface area contributed by atoms with Crippen LogP contribution in [0.25, 0.3) is 0 Å². The van der Waals surface area contributed by atoms with E-state index in [4.69, 9.17) is 5.11 Å². The van der Waals surface area contributed by atoms with Gasteiger partial charge in [-0.15, -0.1) is 0 Å². The average Bonchev–Trinajstić information content (AvgIpc) is 1.86. The molecule has 0 amide bonds. The standard InChI is InChI=1S/C5H6F4O2S/c1-2-12-5(8,9)4(6,7)3(10)11/h2H2,1H3,(H,10,11). The fraction of sp³-hybridized carbons (Fsp3) is 0.800. The van der Waals surface area contributed by atoms with Crippen molar-refractivity contribution in [3.05, 3.63) is 0 Å². The van der Waals surface area contributed by atoms with E-state index in [1.54, 1.807) is 0 Å². The van der Waals surface area contributed by atoms with Crippen LogP contribution in [-0.4, -0.2) is 28.0 Å². The fourth-order valence-electron chi connectivity index (χ4n) is 0.396. The van der Waals surface area contributed by atoms with Crippen LogP contribution in [0.5, 0.6) is 0 Å². The molecule has 2 nitrogen and oxygen atoms in total. The molecule has 0 aromatic carbocycles. The minimum atomic E-state index is -5.01. The second kappa shape index (κ2) is 3.51. The Balaban J connectivity index is 4.62. The van der Waals surface area contributed by atoms with Gasteiger partial charge in [0.25, 0.3) is 0 Å². The molecular formula is C5H6F4O2S. The van der Waals surface area contributed by atoms with Crippen molar-refractivity contribution in [2.75, 3.05) is 5.75 Å². The summed E-state index contributed by atoms with van der Waals surface area (Å²) >= 11 is -0.395. The second-order valence-electron chi connectivity index (χ2n) is 1.83. The van der Waals surface area contributed by atoms with Crippen LogP contribution in [0.2, 0.25) is 0 Å². The summed E-state index contributed by atoms with van der Waals surface area (Å²) in [6.45, 7) is 1.23. The number of thioether (sulfide) groups is 1. The number of carboxylic acid groups (broad SMARTS) is 1. The van der Waals surface area contributed by atoms with E-state index in [2.05, 4.69) is 0 Å². The van der Waals surface area contributed by atoms with E-state index < -0.39 is 28.9 Å². The molecule has 0 aromatic heterocycles. The second-order valence-corrected chi connectivity index (χ2v) is 3.21. The van der Waals surface area contributed by atoms with Crippen molar-refractivity contribution in [2.24, 2.45) is 0 Å². The number of alkyl halides is 4. The Morgan fingerprint density at radius 2 is 1.83 bits per heavy atom. The summed E-state index contributed by atoms with van der Waals surface area (Å²) in [6.07, 6.45) is 0. The molecule has 7 heteroatoms. The molecule has 0 aliphatic rings. The third-order valence-corrected chi connectivity index (χ3v) is 1.87. The van der Waals surface area contributed by atoms with Gasteiger partial charge in [0, 0.05) is 0 Å². The maximum Gasteiger partial charge on any atom is 0.413 e. The van der Waals surface area contributed by atoms with Gasteiger partial charge < -0.3 is 5.11 Å². The van der Waals surface area contributed by atoms with Crippen LogP contribution in [-0.2, 0) is 4.79 Å². The van der Waals surface area contributed by atoms with E-state index in [9.17, 15) is 22.4 Å². The molecule has 0 bridgehead atoms. The molecule has 0 aliphatic carbocycles. The Kier molecular flexibility index (Phi) is 3.37. The molecule has 1 N–H and O–H groups in total. The highest BCUT2D eigenvalue weighted by Crippen LogP contribution is 2.43. The van der Waals surface area contributed by atoms with Crippen LogP contribution in [0.4, 0.5) is 17.6 Å². The molecule has 0 heterocycles. The van der Waals surface area contributed by atoms with Crippen LogP contribution < -0.4 is 0 Å². The van der Waals surface area contributed by atoms with Crippen molar-refractivity contribution < 1.29 is 27.5 Å². The number of hydrogen-bond acceptors (Lipinski definition) is 2. The van der Waals surface area contributed by atoms with Crippen LogP contribution >= 0.6 is 11.8 Å². The summed E-state index contributed by atoms with van der Waals surface area (Å²) in [5.41, 5.74) is 0. The summed E-state index contributed by atoms with van der Waals surface area (Å²) in [4.78, 5) is 9.70. The largest absolute Gasteiger partial charge is 0.477 e. The zero-order valence-corrected chi connectivity index (χ0v) is 6.80. The number of rotatable bonds is 4. The first-order chi connectivity index (χ1) is 5.25. The Bertz CT molecular complexity index is 182. The van der Waals surface area contributed by atoms with Crippen molar-refractivity contribution >= 4 is 17.7 Å². The molecule has 0 fully saturated rings. The van der Waals surface area contributed by atoms with Gasteiger partial charge in [-0.05, 0) is 5.75 Å². The maximum absolute atomic E-state index is 12.3. The van der Waals surface area contributed by atoms with Gasteiger partial charge in [-0.3, -0.25) is 0 Å². The van der Waals surface area contributed by atoms with E-state index in [0.29, 0.717) is 0 Å². The zero-order chi connectivity index (χ0) is 9.99.